The number of pyridine rings is 1. The molecule has 2 bridgehead atoms. The Labute approximate surface area is 238 Å². The predicted molar refractivity (Wildman–Crippen MR) is 153 cm³/mol. The molecular weight excluding hydrogens is 532 g/mol. The van der Waals surface area contributed by atoms with E-state index in [1.54, 1.807) is 19.3 Å². The summed E-state index contributed by atoms with van der Waals surface area (Å²) in [6, 6.07) is 8.16. The quantitative estimate of drug-likeness (QED) is 0.465. The van der Waals surface area contributed by atoms with Gasteiger partial charge in [-0.2, -0.15) is 0 Å². The summed E-state index contributed by atoms with van der Waals surface area (Å²) in [7, 11) is 3.22. The number of nitrogens with one attached hydrogen (secondary N) is 1. The third-order valence-electron chi connectivity index (χ3n) is 8.40. The molecule has 0 saturated carbocycles. The maximum atomic E-state index is 12.7. The number of carbonyl (C=O) groups excluding carboxylic acids is 1. The Balaban J connectivity index is 1.16. The molecule has 2 aromatic heterocycles. The second kappa shape index (κ2) is 11.3. The number of carbonyl (C=O) groups is 1. The number of piperidine rings is 1. The van der Waals surface area contributed by atoms with Crippen LogP contribution in [-0.4, -0.2) is 83.4 Å². The molecule has 11 heteroatoms. The average molecular weight is 567 g/mol. The lowest BCUT2D eigenvalue weighted by atomic mass is 10.0. The van der Waals surface area contributed by atoms with Gasteiger partial charge in [-0.15, -0.1) is 0 Å². The first-order valence-corrected chi connectivity index (χ1v) is 14.4. The molecule has 0 spiro atoms. The van der Waals surface area contributed by atoms with Gasteiger partial charge >= 0.3 is 0 Å². The van der Waals surface area contributed by atoms with Crippen molar-refractivity contribution in [1.29, 1.82) is 0 Å². The fraction of sp³-hybridized carbons (Fsp3) is 0.517. The number of aryl methyl sites for hydroxylation is 1. The number of halogens is 1. The highest BCUT2D eigenvalue weighted by molar-refractivity contribution is 6.31. The van der Waals surface area contributed by atoms with E-state index in [0.717, 1.165) is 61.2 Å². The highest BCUT2D eigenvalue weighted by Gasteiger charge is 2.37. The molecule has 0 aliphatic carbocycles. The molecule has 3 aliphatic heterocycles. The van der Waals surface area contributed by atoms with Crippen molar-refractivity contribution in [3.8, 4) is 5.75 Å². The summed E-state index contributed by atoms with van der Waals surface area (Å²) in [4.78, 5) is 38.6. The fourth-order valence-corrected chi connectivity index (χ4v) is 6.33. The second-order valence-electron chi connectivity index (χ2n) is 11.0. The summed E-state index contributed by atoms with van der Waals surface area (Å²) in [5.74, 6) is 0.543. The number of likely N-dealkylation sites (tertiary alicyclic amines) is 1. The Morgan fingerprint density at radius 3 is 2.62 bits per heavy atom. The number of nitrogens with zero attached hydrogens (tertiary/aromatic N) is 5. The van der Waals surface area contributed by atoms with E-state index in [-0.39, 0.29) is 23.8 Å². The first-order chi connectivity index (χ1) is 19.4. The van der Waals surface area contributed by atoms with Crippen molar-refractivity contribution in [2.24, 2.45) is 7.05 Å². The van der Waals surface area contributed by atoms with E-state index in [2.05, 4.69) is 20.1 Å². The van der Waals surface area contributed by atoms with Crippen LogP contribution in [0.1, 0.15) is 36.9 Å². The Bertz CT molecular complexity index is 1460. The van der Waals surface area contributed by atoms with Crippen LogP contribution in [0.3, 0.4) is 0 Å². The highest BCUT2D eigenvalue weighted by Crippen LogP contribution is 2.31. The molecule has 5 heterocycles. The Hall–Kier alpha value is -3.21. The first kappa shape index (κ1) is 27.0. The molecule has 6 rings (SSSR count). The third kappa shape index (κ3) is 5.53. The van der Waals surface area contributed by atoms with Crippen LogP contribution < -0.4 is 20.5 Å². The van der Waals surface area contributed by atoms with Crippen LogP contribution >= 0.6 is 11.6 Å². The molecule has 3 saturated heterocycles. The first-order valence-electron chi connectivity index (χ1n) is 14.0. The Morgan fingerprint density at radius 1 is 1.15 bits per heavy atom. The number of rotatable bonds is 7. The number of ether oxygens (including phenoxy) is 2. The Morgan fingerprint density at radius 2 is 1.90 bits per heavy atom. The normalized spacial score (nSPS) is 21.6. The molecule has 10 nitrogen and oxygen atoms in total. The lowest BCUT2D eigenvalue weighted by Crippen LogP contribution is -2.52. The van der Waals surface area contributed by atoms with Gasteiger partial charge in [-0.1, -0.05) is 17.7 Å². The third-order valence-corrected chi connectivity index (χ3v) is 8.72. The zero-order valence-electron chi connectivity index (χ0n) is 22.9. The number of benzene rings is 1. The van der Waals surface area contributed by atoms with Crippen molar-refractivity contribution in [1.82, 2.24) is 24.8 Å². The van der Waals surface area contributed by atoms with Gasteiger partial charge in [0.05, 0.1) is 34.6 Å². The number of fused-ring (bicyclic) bond motifs is 3. The van der Waals surface area contributed by atoms with Gasteiger partial charge in [-0.3, -0.25) is 14.5 Å². The maximum Gasteiger partial charge on any atom is 0.293 e. The molecule has 40 heavy (non-hydrogen) atoms. The standard InChI is InChI=1S/C29H35ClN6O4/c1-31-27(37)17-39-26-13-19-11-18(3-6-25(19)34(2)28(26)38)12-24-23(30)14-32-29(33-24)35-9-7-20(8-10-35)36-15-21-4-5-22(16-36)40-21/h3,6,11,13-14,20-22H,4-5,7-10,12,15-17H2,1-2H3,(H,31,37)/t21-,22+. The molecule has 1 aromatic carbocycles. The molecule has 3 aliphatic rings. The number of aromatic nitrogens is 3. The van der Waals surface area contributed by atoms with E-state index in [4.69, 9.17) is 26.1 Å². The molecule has 0 radical (unpaired) electrons. The van der Waals surface area contributed by atoms with Crippen LogP contribution in [0.15, 0.2) is 35.3 Å². The maximum absolute atomic E-state index is 12.7. The minimum atomic E-state index is -0.303. The summed E-state index contributed by atoms with van der Waals surface area (Å²) in [5.41, 5.74) is 2.23. The van der Waals surface area contributed by atoms with Gasteiger partial charge in [0, 0.05) is 58.1 Å². The van der Waals surface area contributed by atoms with E-state index in [1.807, 2.05) is 18.2 Å². The summed E-state index contributed by atoms with van der Waals surface area (Å²) >= 11 is 6.55. The fourth-order valence-electron chi connectivity index (χ4n) is 6.17. The van der Waals surface area contributed by atoms with Crippen LogP contribution in [0, 0.1) is 0 Å². The van der Waals surface area contributed by atoms with Crippen molar-refractivity contribution in [2.75, 3.05) is 44.7 Å². The van der Waals surface area contributed by atoms with Crippen LogP contribution in [0.2, 0.25) is 5.02 Å². The van der Waals surface area contributed by atoms with Crippen LogP contribution in [0.4, 0.5) is 5.95 Å². The van der Waals surface area contributed by atoms with Crippen LogP contribution in [-0.2, 0) is 23.0 Å². The number of morpholine rings is 1. The van der Waals surface area contributed by atoms with Crippen molar-refractivity contribution < 1.29 is 14.3 Å². The highest BCUT2D eigenvalue weighted by atomic mass is 35.5. The monoisotopic (exact) mass is 566 g/mol. The lowest BCUT2D eigenvalue weighted by Gasteiger charge is -2.42. The van der Waals surface area contributed by atoms with Gasteiger partial charge in [-0.25, -0.2) is 9.97 Å². The number of amides is 1. The Kier molecular flexibility index (Phi) is 7.65. The molecular formula is C29H35ClN6O4. The summed E-state index contributed by atoms with van der Waals surface area (Å²) in [5, 5.41) is 3.85. The minimum absolute atomic E-state index is 0.131. The van der Waals surface area contributed by atoms with Gasteiger partial charge in [0.1, 0.15) is 0 Å². The number of hydrogen-bond acceptors (Lipinski definition) is 8. The zero-order valence-corrected chi connectivity index (χ0v) is 23.7. The summed E-state index contributed by atoms with van der Waals surface area (Å²) < 4.78 is 13.0. The van der Waals surface area contributed by atoms with Gasteiger partial charge in [-0.05, 0) is 49.4 Å². The van der Waals surface area contributed by atoms with E-state index >= 15 is 0 Å². The average Bonchev–Trinajstić information content (AvgIpc) is 3.32. The minimum Gasteiger partial charge on any atom is -0.478 e. The van der Waals surface area contributed by atoms with Crippen molar-refractivity contribution >= 4 is 34.4 Å². The largest absolute Gasteiger partial charge is 0.478 e. The van der Waals surface area contributed by atoms with Gasteiger partial charge < -0.3 is 24.3 Å². The molecule has 0 unspecified atom stereocenters. The van der Waals surface area contributed by atoms with Gasteiger partial charge in [0.15, 0.2) is 12.4 Å². The van der Waals surface area contributed by atoms with Crippen molar-refractivity contribution in [2.45, 2.75) is 50.4 Å². The smallest absolute Gasteiger partial charge is 0.293 e. The van der Waals surface area contributed by atoms with E-state index in [0.29, 0.717) is 35.6 Å². The molecule has 212 valence electrons. The summed E-state index contributed by atoms with van der Waals surface area (Å²) in [6.45, 7) is 3.73. The second-order valence-corrected chi connectivity index (χ2v) is 11.4. The van der Waals surface area contributed by atoms with Crippen molar-refractivity contribution in [3.63, 3.8) is 0 Å². The summed E-state index contributed by atoms with van der Waals surface area (Å²) in [6.07, 6.45) is 7.63. The van der Waals surface area contributed by atoms with E-state index < -0.39 is 0 Å². The van der Waals surface area contributed by atoms with Crippen LogP contribution in [0.25, 0.3) is 10.9 Å². The van der Waals surface area contributed by atoms with E-state index in [1.165, 1.54) is 24.5 Å². The molecule has 2 atom stereocenters. The molecule has 1 amide bonds. The number of anilines is 1. The topological polar surface area (TPSA) is 102 Å². The van der Waals surface area contributed by atoms with E-state index in [9.17, 15) is 9.59 Å². The van der Waals surface area contributed by atoms with Gasteiger partial charge in [0.2, 0.25) is 5.95 Å². The molecule has 3 aromatic rings. The van der Waals surface area contributed by atoms with Crippen molar-refractivity contribution in [3.05, 3.63) is 57.1 Å². The lowest BCUT2D eigenvalue weighted by molar-refractivity contribution is -0.122. The zero-order chi connectivity index (χ0) is 27.8. The predicted octanol–water partition coefficient (Wildman–Crippen LogP) is 2.53. The molecule has 1 N–H and O–H groups in total. The van der Waals surface area contributed by atoms with Gasteiger partial charge in [0.25, 0.3) is 11.5 Å². The van der Waals surface area contributed by atoms with Crippen LogP contribution in [0.5, 0.6) is 5.75 Å². The molecule has 3 fully saturated rings. The number of likely N-dealkylation sites (N-methyl/N-ethyl adjacent to an activating group) is 1. The SMILES string of the molecule is CNC(=O)COc1cc2cc(Cc3nc(N4CCC(N5C[C@H]6CC[C@@H](C5)O6)CC4)ncc3Cl)ccc2n(C)c1=O. The number of hydrogen-bond donors (Lipinski definition) is 1.